The SMILES string of the molecule is CCOc1ccc(OC(C)C(=O)NCC(F)(F)F)cc1. The van der Waals surface area contributed by atoms with Crippen LogP contribution in [0.1, 0.15) is 13.8 Å². The summed E-state index contributed by atoms with van der Waals surface area (Å²) in [5, 5.41) is 1.76. The van der Waals surface area contributed by atoms with Crippen molar-refractivity contribution >= 4 is 5.91 Å². The molecule has 1 aromatic carbocycles. The quantitative estimate of drug-likeness (QED) is 0.876. The number of hydrogen-bond acceptors (Lipinski definition) is 3. The highest BCUT2D eigenvalue weighted by molar-refractivity contribution is 5.80. The topological polar surface area (TPSA) is 47.6 Å². The molecule has 0 aliphatic rings. The first kappa shape index (κ1) is 16.1. The van der Waals surface area contributed by atoms with Gasteiger partial charge in [-0.25, -0.2) is 0 Å². The van der Waals surface area contributed by atoms with Crippen molar-refractivity contribution < 1.29 is 27.4 Å². The lowest BCUT2D eigenvalue weighted by Gasteiger charge is -2.15. The highest BCUT2D eigenvalue weighted by atomic mass is 19.4. The molecule has 0 aliphatic carbocycles. The van der Waals surface area contributed by atoms with Gasteiger partial charge in [-0.3, -0.25) is 4.79 Å². The van der Waals surface area contributed by atoms with E-state index < -0.39 is 24.7 Å². The molecule has 1 unspecified atom stereocenters. The molecule has 4 nitrogen and oxygen atoms in total. The van der Waals surface area contributed by atoms with Crippen molar-refractivity contribution in [1.29, 1.82) is 0 Å². The Bertz CT molecular complexity index is 431. The standard InChI is InChI=1S/C13H16F3NO3/c1-3-19-10-4-6-11(7-5-10)20-9(2)12(18)17-8-13(14,15)16/h4-7,9H,3,8H2,1-2H3,(H,17,18). The van der Waals surface area contributed by atoms with E-state index in [0.29, 0.717) is 18.1 Å². The molecular weight excluding hydrogens is 275 g/mol. The molecule has 0 heterocycles. The molecule has 7 heteroatoms. The van der Waals surface area contributed by atoms with Gasteiger partial charge in [-0.05, 0) is 38.1 Å². The zero-order chi connectivity index (χ0) is 15.2. The Labute approximate surface area is 114 Å². The molecular formula is C13H16F3NO3. The van der Waals surface area contributed by atoms with Crippen molar-refractivity contribution in [3.8, 4) is 11.5 Å². The van der Waals surface area contributed by atoms with Crippen LogP contribution in [0.15, 0.2) is 24.3 Å². The van der Waals surface area contributed by atoms with Gasteiger partial charge >= 0.3 is 6.18 Å². The van der Waals surface area contributed by atoms with Crippen LogP contribution in [0.25, 0.3) is 0 Å². The van der Waals surface area contributed by atoms with E-state index in [1.807, 2.05) is 6.92 Å². The van der Waals surface area contributed by atoms with Crippen molar-refractivity contribution in [1.82, 2.24) is 5.32 Å². The van der Waals surface area contributed by atoms with Crippen molar-refractivity contribution in [2.45, 2.75) is 26.1 Å². The molecule has 0 aromatic heterocycles. The van der Waals surface area contributed by atoms with Crippen LogP contribution in [0.4, 0.5) is 13.2 Å². The minimum Gasteiger partial charge on any atom is -0.494 e. The maximum atomic E-state index is 12.0. The van der Waals surface area contributed by atoms with Crippen molar-refractivity contribution in [2.24, 2.45) is 0 Å². The van der Waals surface area contributed by atoms with Crippen molar-refractivity contribution in [2.75, 3.05) is 13.2 Å². The second kappa shape index (κ2) is 7.02. The molecule has 112 valence electrons. The van der Waals surface area contributed by atoms with Crippen LogP contribution < -0.4 is 14.8 Å². The fraction of sp³-hybridized carbons (Fsp3) is 0.462. The minimum atomic E-state index is -4.44. The van der Waals surface area contributed by atoms with Crippen LogP contribution in [0.2, 0.25) is 0 Å². The fourth-order valence-electron chi connectivity index (χ4n) is 1.37. The second-order valence-electron chi connectivity index (χ2n) is 4.00. The molecule has 20 heavy (non-hydrogen) atoms. The third-order valence-electron chi connectivity index (χ3n) is 2.28. The number of carbonyl (C=O) groups is 1. The predicted octanol–water partition coefficient (Wildman–Crippen LogP) is 2.53. The number of nitrogens with one attached hydrogen (secondary N) is 1. The minimum absolute atomic E-state index is 0.378. The summed E-state index contributed by atoms with van der Waals surface area (Å²) >= 11 is 0. The van der Waals surface area contributed by atoms with E-state index in [2.05, 4.69) is 0 Å². The molecule has 0 spiro atoms. The largest absolute Gasteiger partial charge is 0.494 e. The van der Waals surface area contributed by atoms with Crippen LogP contribution >= 0.6 is 0 Å². The maximum absolute atomic E-state index is 12.0. The van der Waals surface area contributed by atoms with Crippen LogP contribution in [-0.4, -0.2) is 31.3 Å². The van der Waals surface area contributed by atoms with Gasteiger partial charge in [0.25, 0.3) is 5.91 Å². The number of carbonyl (C=O) groups excluding carboxylic acids is 1. The van der Waals surface area contributed by atoms with Crippen LogP contribution in [0.3, 0.4) is 0 Å². The van der Waals surface area contributed by atoms with E-state index in [-0.39, 0.29) is 0 Å². The predicted molar refractivity (Wildman–Crippen MR) is 66.8 cm³/mol. The lowest BCUT2D eigenvalue weighted by Crippen LogP contribution is -2.41. The number of hydrogen-bond donors (Lipinski definition) is 1. The second-order valence-corrected chi connectivity index (χ2v) is 4.00. The van der Waals surface area contributed by atoms with E-state index in [1.54, 1.807) is 29.6 Å². The lowest BCUT2D eigenvalue weighted by molar-refractivity contribution is -0.142. The molecule has 0 saturated carbocycles. The Balaban J connectivity index is 2.48. The molecule has 1 atom stereocenters. The summed E-state index contributed by atoms with van der Waals surface area (Å²) in [6, 6.07) is 6.47. The van der Waals surface area contributed by atoms with Crippen LogP contribution in [-0.2, 0) is 4.79 Å². The molecule has 1 aromatic rings. The third kappa shape index (κ3) is 5.81. The van der Waals surface area contributed by atoms with Crippen LogP contribution in [0, 0.1) is 0 Å². The van der Waals surface area contributed by atoms with E-state index in [9.17, 15) is 18.0 Å². The van der Waals surface area contributed by atoms with Gasteiger partial charge in [0.1, 0.15) is 18.0 Å². The summed E-state index contributed by atoms with van der Waals surface area (Å²) in [6.45, 7) is 2.37. The van der Waals surface area contributed by atoms with E-state index in [4.69, 9.17) is 9.47 Å². The number of alkyl halides is 3. The Hall–Kier alpha value is -1.92. The van der Waals surface area contributed by atoms with Gasteiger partial charge in [0.2, 0.25) is 0 Å². The summed E-state index contributed by atoms with van der Waals surface area (Å²) in [5.41, 5.74) is 0. The number of ether oxygens (including phenoxy) is 2. The van der Waals surface area contributed by atoms with E-state index >= 15 is 0 Å². The summed E-state index contributed by atoms with van der Waals surface area (Å²) in [6.07, 6.45) is -5.45. The summed E-state index contributed by atoms with van der Waals surface area (Å²) in [5.74, 6) is 0.202. The van der Waals surface area contributed by atoms with E-state index in [1.165, 1.54) is 6.92 Å². The van der Waals surface area contributed by atoms with E-state index in [0.717, 1.165) is 0 Å². The lowest BCUT2D eigenvalue weighted by atomic mass is 10.3. The average molecular weight is 291 g/mol. The van der Waals surface area contributed by atoms with Gasteiger partial charge in [-0.2, -0.15) is 13.2 Å². The zero-order valence-corrected chi connectivity index (χ0v) is 11.2. The number of amides is 1. The number of rotatable bonds is 6. The van der Waals surface area contributed by atoms with Gasteiger partial charge in [0.05, 0.1) is 6.61 Å². The van der Waals surface area contributed by atoms with Gasteiger partial charge in [0.15, 0.2) is 6.10 Å². The van der Waals surface area contributed by atoms with Gasteiger partial charge in [-0.15, -0.1) is 0 Å². The molecule has 1 amide bonds. The molecule has 0 radical (unpaired) electrons. The first-order chi connectivity index (χ1) is 9.31. The maximum Gasteiger partial charge on any atom is 0.405 e. The molecule has 0 fully saturated rings. The Morgan fingerprint density at radius 1 is 1.25 bits per heavy atom. The molecule has 0 bridgehead atoms. The van der Waals surface area contributed by atoms with Crippen molar-refractivity contribution in [3.63, 3.8) is 0 Å². The van der Waals surface area contributed by atoms with Gasteiger partial charge in [0, 0.05) is 0 Å². The molecule has 0 saturated heterocycles. The number of halogens is 3. The van der Waals surface area contributed by atoms with Gasteiger partial charge < -0.3 is 14.8 Å². The monoisotopic (exact) mass is 291 g/mol. The van der Waals surface area contributed by atoms with Gasteiger partial charge in [-0.1, -0.05) is 0 Å². The summed E-state index contributed by atoms with van der Waals surface area (Å²) in [7, 11) is 0. The first-order valence-corrected chi connectivity index (χ1v) is 6.06. The average Bonchev–Trinajstić information content (AvgIpc) is 2.37. The molecule has 1 rings (SSSR count). The summed E-state index contributed by atoms with van der Waals surface area (Å²) < 4.78 is 46.3. The Kier molecular flexibility index (Phi) is 5.66. The normalized spacial score (nSPS) is 12.7. The Morgan fingerprint density at radius 2 is 1.80 bits per heavy atom. The van der Waals surface area contributed by atoms with Crippen molar-refractivity contribution in [3.05, 3.63) is 24.3 Å². The summed E-state index contributed by atoms with van der Waals surface area (Å²) in [4.78, 5) is 11.4. The highest BCUT2D eigenvalue weighted by Crippen LogP contribution is 2.19. The Morgan fingerprint density at radius 3 is 2.30 bits per heavy atom. The zero-order valence-electron chi connectivity index (χ0n) is 11.2. The first-order valence-electron chi connectivity index (χ1n) is 6.06. The fourth-order valence-corrected chi connectivity index (χ4v) is 1.37. The van der Waals surface area contributed by atoms with Crippen LogP contribution in [0.5, 0.6) is 11.5 Å². The molecule has 0 aliphatic heterocycles. The third-order valence-corrected chi connectivity index (χ3v) is 2.28. The number of benzene rings is 1. The highest BCUT2D eigenvalue weighted by Gasteiger charge is 2.29. The molecule has 1 N–H and O–H groups in total. The smallest absolute Gasteiger partial charge is 0.405 e.